The lowest BCUT2D eigenvalue weighted by molar-refractivity contribution is -0.121. The van der Waals surface area contributed by atoms with Crippen molar-refractivity contribution < 1.29 is 23.5 Å². The SMILES string of the molecule is O=C(NC[C@@H]1CCCO1)c1ccccc1NC(=O)C1CCN(C(=O)c2ccco2)CC1. The smallest absolute Gasteiger partial charge is 0.289 e. The topological polar surface area (TPSA) is 101 Å². The van der Waals surface area contributed by atoms with Crippen molar-refractivity contribution in [3.05, 3.63) is 54.0 Å². The van der Waals surface area contributed by atoms with Crippen LogP contribution in [0.5, 0.6) is 0 Å². The molecule has 3 heterocycles. The van der Waals surface area contributed by atoms with E-state index in [2.05, 4.69) is 10.6 Å². The van der Waals surface area contributed by atoms with Crippen LogP contribution >= 0.6 is 0 Å². The van der Waals surface area contributed by atoms with Crippen LogP contribution in [0.3, 0.4) is 0 Å². The maximum atomic E-state index is 12.8. The molecule has 0 aliphatic carbocycles. The van der Waals surface area contributed by atoms with Crippen molar-refractivity contribution in [1.29, 1.82) is 0 Å². The van der Waals surface area contributed by atoms with Gasteiger partial charge in [0.25, 0.3) is 11.8 Å². The van der Waals surface area contributed by atoms with Gasteiger partial charge in [-0.3, -0.25) is 14.4 Å². The number of furan rings is 1. The first-order valence-corrected chi connectivity index (χ1v) is 10.7. The van der Waals surface area contributed by atoms with E-state index < -0.39 is 0 Å². The third kappa shape index (κ3) is 5.14. The van der Waals surface area contributed by atoms with Crippen molar-refractivity contribution in [1.82, 2.24) is 10.2 Å². The number of nitrogens with zero attached hydrogens (tertiary/aromatic N) is 1. The molecule has 0 radical (unpaired) electrons. The second-order valence-electron chi connectivity index (χ2n) is 7.92. The van der Waals surface area contributed by atoms with Crippen LogP contribution in [-0.4, -0.2) is 55.0 Å². The van der Waals surface area contributed by atoms with Crippen LogP contribution in [0, 0.1) is 5.92 Å². The minimum atomic E-state index is -0.231. The van der Waals surface area contributed by atoms with Crippen LogP contribution < -0.4 is 10.6 Å². The lowest BCUT2D eigenvalue weighted by Crippen LogP contribution is -2.41. The van der Waals surface area contributed by atoms with Gasteiger partial charge in [0.15, 0.2) is 5.76 Å². The fourth-order valence-electron chi connectivity index (χ4n) is 4.03. The van der Waals surface area contributed by atoms with Crippen LogP contribution in [0.2, 0.25) is 0 Å². The summed E-state index contributed by atoms with van der Waals surface area (Å²) >= 11 is 0. The molecule has 1 atom stereocenters. The second kappa shape index (κ2) is 9.78. The zero-order chi connectivity index (χ0) is 21.6. The second-order valence-corrected chi connectivity index (χ2v) is 7.92. The Hall–Kier alpha value is -3.13. The fraction of sp³-hybridized carbons (Fsp3) is 0.435. The summed E-state index contributed by atoms with van der Waals surface area (Å²) in [5, 5.41) is 5.81. The molecule has 31 heavy (non-hydrogen) atoms. The van der Waals surface area contributed by atoms with Crippen molar-refractivity contribution >= 4 is 23.4 Å². The van der Waals surface area contributed by atoms with Gasteiger partial charge in [-0.1, -0.05) is 12.1 Å². The Labute approximate surface area is 180 Å². The molecule has 4 rings (SSSR count). The number of anilines is 1. The maximum absolute atomic E-state index is 12.8. The van der Waals surface area contributed by atoms with Gasteiger partial charge in [0.2, 0.25) is 5.91 Å². The van der Waals surface area contributed by atoms with Crippen molar-refractivity contribution in [2.75, 3.05) is 31.6 Å². The van der Waals surface area contributed by atoms with E-state index in [9.17, 15) is 14.4 Å². The Balaban J connectivity index is 1.31. The highest BCUT2D eigenvalue weighted by atomic mass is 16.5. The standard InChI is InChI=1S/C23H27N3O5/c27-21(16-9-11-26(12-10-16)23(29)20-8-4-14-31-20)25-19-7-2-1-6-18(19)22(28)24-15-17-5-3-13-30-17/h1-2,4,6-8,14,16-17H,3,5,9-13,15H2,(H,24,28)(H,25,27)/t17-/m0/s1. The molecule has 2 aliphatic heterocycles. The summed E-state index contributed by atoms with van der Waals surface area (Å²) in [7, 11) is 0. The Morgan fingerprint density at radius 1 is 1.03 bits per heavy atom. The first-order chi connectivity index (χ1) is 15.1. The van der Waals surface area contributed by atoms with E-state index in [-0.39, 0.29) is 29.7 Å². The van der Waals surface area contributed by atoms with Gasteiger partial charge >= 0.3 is 0 Å². The van der Waals surface area contributed by atoms with E-state index in [1.165, 1.54) is 6.26 Å². The minimum absolute atomic E-state index is 0.0553. The van der Waals surface area contributed by atoms with Gasteiger partial charge in [0.1, 0.15) is 0 Å². The van der Waals surface area contributed by atoms with E-state index >= 15 is 0 Å². The summed E-state index contributed by atoms with van der Waals surface area (Å²) in [5.41, 5.74) is 0.922. The maximum Gasteiger partial charge on any atom is 0.289 e. The molecule has 1 aromatic carbocycles. The number of nitrogens with one attached hydrogen (secondary N) is 2. The van der Waals surface area contributed by atoms with E-state index in [1.54, 1.807) is 41.3 Å². The van der Waals surface area contributed by atoms with Crippen LogP contribution in [0.1, 0.15) is 46.6 Å². The average Bonchev–Trinajstić information content (AvgIpc) is 3.52. The number of para-hydroxylation sites is 1. The summed E-state index contributed by atoms with van der Waals surface area (Å²) in [6.45, 7) is 2.17. The van der Waals surface area contributed by atoms with Crippen molar-refractivity contribution in [3.8, 4) is 0 Å². The number of carbonyl (C=O) groups excluding carboxylic acids is 3. The predicted octanol–water partition coefficient (Wildman–Crippen LogP) is 2.68. The van der Waals surface area contributed by atoms with E-state index in [0.29, 0.717) is 49.5 Å². The Morgan fingerprint density at radius 3 is 2.55 bits per heavy atom. The molecule has 2 fully saturated rings. The van der Waals surface area contributed by atoms with Gasteiger partial charge in [-0.2, -0.15) is 0 Å². The molecule has 3 amide bonds. The number of amides is 3. The largest absolute Gasteiger partial charge is 0.459 e. The molecule has 0 spiro atoms. The molecule has 0 bridgehead atoms. The summed E-state index contributed by atoms with van der Waals surface area (Å²) in [6, 6.07) is 10.3. The first kappa shape index (κ1) is 21.1. The molecule has 1 aromatic heterocycles. The number of carbonyl (C=O) groups is 3. The Kier molecular flexibility index (Phi) is 6.66. The minimum Gasteiger partial charge on any atom is -0.459 e. The highest BCUT2D eigenvalue weighted by molar-refractivity contribution is 6.04. The molecule has 8 nitrogen and oxygen atoms in total. The number of likely N-dealkylation sites (tertiary alicyclic amines) is 1. The van der Waals surface area contributed by atoms with Gasteiger partial charge in [0, 0.05) is 32.2 Å². The first-order valence-electron chi connectivity index (χ1n) is 10.7. The normalized spacial score (nSPS) is 19.2. The quantitative estimate of drug-likeness (QED) is 0.741. The number of benzene rings is 1. The number of hydrogen-bond acceptors (Lipinski definition) is 5. The summed E-state index contributed by atoms with van der Waals surface area (Å²) < 4.78 is 10.7. The van der Waals surface area contributed by atoms with Crippen LogP contribution in [0.15, 0.2) is 47.1 Å². The van der Waals surface area contributed by atoms with Gasteiger partial charge < -0.3 is 24.7 Å². The molecule has 2 aromatic rings. The number of piperidine rings is 1. The third-order valence-corrected chi connectivity index (χ3v) is 5.83. The summed E-state index contributed by atoms with van der Waals surface area (Å²) in [5.74, 6) is -0.429. The van der Waals surface area contributed by atoms with Crippen LogP contribution in [0.25, 0.3) is 0 Å². The number of rotatable bonds is 6. The van der Waals surface area contributed by atoms with Crippen molar-refractivity contribution in [2.24, 2.45) is 5.92 Å². The van der Waals surface area contributed by atoms with Gasteiger partial charge in [-0.05, 0) is 49.9 Å². The zero-order valence-corrected chi connectivity index (χ0v) is 17.3. The predicted molar refractivity (Wildman–Crippen MR) is 114 cm³/mol. The molecule has 0 unspecified atom stereocenters. The molecule has 2 N–H and O–H groups in total. The molecule has 2 saturated heterocycles. The highest BCUT2D eigenvalue weighted by Gasteiger charge is 2.29. The van der Waals surface area contributed by atoms with Gasteiger partial charge in [0.05, 0.1) is 23.6 Å². The fourth-order valence-corrected chi connectivity index (χ4v) is 4.03. The van der Waals surface area contributed by atoms with Crippen LogP contribution in [-0.2, 0) is 9.53 Å². The highest BCUT2D eigenvalue weighted by Crippen LogP contribution is 2.23. The lowest BCUT2D eigenvalue weighted by atomic mass is 9.95. The van der Waals surface area contributed by atoms with Crippen molar-refractivity contribution in [3.63, 3.8) is 0 Å². The lowest BCUT2D eigenvalue weighted by Gasteiger charge is -2.30. The van der Waals surface area contributed by atoms with Gasteiger partial charge in [-0.25, -0.2) is 0 Å². The average molecular weight is 425 g/mol. The monoisotopic (exact) mass is 425 g/mol. The Morgan fingerprint density at radius 2 is 1.84 bits per heavy atom. The third-order valence-electron chi connectivity index (χ3n) is 5.83. The molecule has 0 saturated carbocycles. The molecule has 2 aliphatic rings. The summed E-state index contributed by atoms with van der Waals surface area (Å²) in [6.07, 6.45) is 4.61. The van der Waals surface area contributed by atoms with Crippen molar-refractivity contribution in [2.45, 2.75) is 31.8 Å². The number of hydrogen-bond donors (Lipinski definition) is 2. The number of ether oxygens (including phenoxy) is 1. The Bertz CT molecular complexity index is 913. The summed E-state index contributed by atoms with van der Waals surface area (Å²) in [4.78, 5) is 39.6. The molecule has 8 heteroatoms. The van der Waals surface area contributed by atoms with Gasteiger partial charge in [-0.15, -0.1) is 0 Å². The molecular weight excluding hydrogens is 398 g/mol. The zero-order valence-electron chi connectivity index (χ0n) is 17.3. The van der Waals surface area contributed by atoms with E-state index in [1.807, 2.05) is 0 Å². The molecular formula is C23H27N3O5. The van der Waals surface area contributed by atoms with Crippen LogP contribution in [0.4, 0.5) is 5.69 Å². The molecule has 164 valence electrons. The van der Waals surface area contributed by atoms with E-state index in [4.69, 9.17) is 9.15 Å². The van der Waals surface area contributed by atoms with E-state index in [0.717, 1.165) is 19.4 Å².